The Morgan fingerprint density at radius 3 is 2.60 bits per heavy atom. The van der Waals surface area contributed by atoms with E-state index in [4.69, 9.17) is 14.6 Å². The zero-order chi connectivity index (χ0) is 14.5. The van der Waals surface area contributed by atoms with Gasteiger partial charge in [0.25, 0.3) is 0 Å². The zero-order valence-corrected chi connectivity index (χ0v) is 12.2. The van der Waals surface area contributed by atoms with Crippen molar-refractivity contribution in [3.63, 3.8) is 0 Å². The number of carbonyl (C=O) groups is 1. The van der Waals surface area contributed by atoms with Gasteiger partial charge in [-0.25, -0.2) is 4.79 Å². The van der Waals surface area contributed by atoms with Gasteiger partial charge in [0.05, 0.1) is 13.2 Å². The Kier molecular flexibility index (Phi) is 4.68. The molecular weight excluding hydrogens is 280 g/mol. The molecule has 0 aliphatic carbocycles. The van der Waals surface area contributed by atoms with Crippen LogP contribution in [0.25, 0.3) is 10.1 Å². The molecule has 2 aromatic rings. The number of ether oxygens (including phenoxy) is 3. The summed E-state index contributed by atoms with van der Waals surface area (Å²) in [5, 5.41) is 9.85. The van der Waals surface area contributed by atoms with E-state index in [1.807, 2.05) is 26.0 Å². The third-order valence-corrected chi connectivity index (χ3v) is 3.49. The molecule has 1 aromatic heterocycles. The van der Waals surface area contributed by atoms with E-state index in [2.05, 4.69) is 4.74 Å². The second kappa shape index (κ2) is 6.47. The first kappa shape index (κ1) is 14.5. The molecule has 0 saturated carbocycles. The summed E-state index contributed by atoms with van der Waals surface area (Å²) in [4.78, 5) is 10.6. The highest BCUT2D eigenvalue weighted by atomic mass is 32.1. The van der Waals surface area contributed by atoms with Gasteiger partial charge in [-0.15, -0.1) is 0 Å². The Hall–Kier alpha value is -1.95. The third-order valence-electron chi connectivity index (χ3n) is 2.51. The van der Waals surface area contributed by atoms with Crippen LogP contribution in [-0.4, -0.2) is 24.5 Å². The monoisotopic (exact) mass is 296 g/mol. The SMILES string of the molecule is CCCOc1cc2sc(OC(=O)O)cc2cc1OCC. The van der Waals surface area contributed by atoms with Gasteiger partial charge < -0.3 is 19.3 Å². The lowest BCUT2D eigenvalue weighted by atomic mass is 10.2. The van der Waals surface area contributed by atoms with Gasteiger partial charge in [0.15, 0.2) is 16.6 Å². The van der Waals surface area contributed by atoms with E-state index in [0.29, 0.717) is 29.8 Å². The van der Waals surface area contributed by atoms with Crippen molar-refractivity contribution in [1.29, 1.82) is 0 Å². The molecular formula is C14H16O5S. The van der Waals surface area contributed by atoms with Crippen LogP contribution in [0.5, 0.6) is 16.6 Å². The first-order valence-electron chi connectivity index (χ1n) is 6.38. The van der Waals surface area contributed by atoms with Gasteiger partial charge in [-0.3, -0.25) is 0 Å². The van der Waals surface area contributed by atoms with Crippen LogP contribution in [0, 0.1) is 0 Å². The van der Waals surface area contributed by atoms with Gasteiger partial charge in [-0.1, -0.05) is 18.3 Å². The second-order valence-electron chi connectivity index (χ2n) is 4.05. The molecule has 0 atom stereocenters. The Balaban J connectivity index is 2.38. The Morgan fingerprint density at radius 1 is 1.20 bits per heavy atom. The molecule has 0 aliphatic rings. The van der Waals surface area contributed by atoms with Crippen LogP contribution in [0.3, 0.4) is 0 Å². The molecule has 2 rings (SSSR count). The molecule has 0 fully saturated rings. The largest absolute Gasteiger partial charge is 0.512 e. The fourth-order valence-corrected chi connectivity index (χ4v) is 2.67. The number of hydrogen-bond acceptors (Lipinski definition) is 5. The molecule has 20 heavy (non-hydrogen) atoms. The van der Waals surface area contributed by atoms with Gasteiger partial charge in [0.2, 0.25) is 0 Å². The smallest absolute Gasteiger partial charge is 0.490 e. The predicted molar refractivity (Wildman–Crippen MR) is 77.4 cm³/mol. The van der Waals surface area contributed by atoms with Crippen molar-refractivity contribution in [3.8, 4) is 16.6 Å². The van der Waals surface area contributed by atoms with Crippen LogP contribution in [0.2, 0.25) is 0 Å². The molecule has 0 bridgehead atoms. The van der Waals surface area contributed by atoms with Crippen LogP contribution in [0.1, 0.15) is 20.3 Å². The maximum atomic E-state index is 10.6. The van der Waals surface area contributed by atoms with Crippen LogP contribution < -0.4 is 14.2 Å². The molecule has 0 radical (unpaired) electrons. The average Bonchev–Trinajstić information content (AvgIpc) is 2.76. The van der Waals surface area contributed by atoms with Crippen molar-refractivity contribution in [2.45, 2.75) is 20.3 Å². The van der Waals surface area contributed by atoms with E-state index < -0.39 is 6.16 Å². The fraction of sp³-hybridized carbons (Fsp3) is 0.357. The van der Waals surface area contributed by atoms with Crippen LogP contribution in [0.15, 0.2) is 18.2 Å². The van der Waals surface area contributed by atoms with Gasteiger partial charge in [0, 0.05) is 22.2 Å². The van der Waals surface area contributed by atoms with E-state index in [1.165, 1.54) is 11.3 Å². The molecule has 1 N–H and O–H groups in total. The summed E-state index contributed by atoms with van der Waals surface area (Å²) < 4.78 is 16.8. The lowest BCUT2D eigenvalue weighted by Crippen LogP contribution is -2.00. The van der Waals surface area contributed by atoms with Crippen molar-refractivity contribution >= 4 is 27.6 Å². The maximum Gasteiger partial charge on any atom is 0.512 e. The van der Waals surface area contributed by atoms with Crippen LogP contribution in [-0.2, 0) is 0 Å². The Morgan fingerprint density at radius 2 is 1.95 bits per heavy atom. The van der Waals surface area contributed by atoms with Crippen molar-refractivity contribution in [1.82, 2.24) is 0 Å². The van der Waals surface area contributed by atoms with E-state index in [9.17, 15) is 4.79 Å². The summed E-state index contributed by atoms with van der Waals surface area (Å²) in [6.07, 6.45) is -0.412. The zero-order valence-electron chi connectivity index (χ0n) is 11.3. The number of fused-ring (bicyclic) bond motifs is 1. The molecule has 1 heterocycles. The lowest BCUT2D eigenvalue weighted by molar-refractivity contribution is 0.146. The van der Waals surface area contributed by atoms with Gasteiger partial charge >= 0.3 is 6.16 Å². The number of rotatable bonds is 6. The summed E-state index contributed by atoms with van der Waals surface area (Å²) in [5.41, 5.74) is 0. The van der Waals surface area contributed by atoms with E-state index in [1.54, 1.807) is 6.07 Å². The number of thiophene rings is 1. The van der Waals surface area contributed by atoms with Crippen LogP contribution in [0.4, 0.5) is 4.79 Å². The minimum absolute atomic E-state index is 0.336. The Labute approximate surface area is 120 Å². The van der Waals surface area contributed by atoms with E-state index in [-0.39, 0.29) is 0 Å². The molecule has 5 nitrogen and oxygen atoms in total. The molecule has 0 unspecified atom stereocenters. The highest BCUT2D eigenvalue weighted by Crippen LogP contribution is 2.39. The number of benzene rings is 1. The predicted octanol–water partition coefficient (Wildman–Crippen LogP) is 4.15. The minimum Gasteiger partial charge on any atom is -0.490 e. The topological polar surface area (TPSA) is 65.0 Å². The summed E-state index contributed by atoms with van der Waals surface area (Å²) in [5.74, 6) is 1.33. The highest BCUT2D eigenvalue weighted by molar-refractivity contribution is 7.20. The van der Waals surface area contributed by atoms with E-state index >= 15 is 0 Å². The molecule has 108 valence electrons. The molecule has 6 heteroatoms. The summed E-state index contributed by atoms with van der Waals surface area (Å²) in [6.45, 7) is 5.08. The average molecular weight is 296 g/mol. The molecule has 1 aromatic carbocycles. The summed E-state index contributed by atoms with van der Waals surface area (Å²) in [7, 11) is 0. The number of carboxylic acid groups (broad SMARTS) is 1. The summed E-state index contributed by atoms with van der Waals surface area (Å²) >= 11 is 1.26. The third kappa shape index (κ3) is 3.33. The second-order valence-corrected chi connectivity index (χ2v) is 5.10. The molecule has 0 spiro atoms. The first-order chi connectivity index (χ1) is 9.63. The standard InChI is InChI=1S/C14H16O5S/c1-3-5-18-11-8-12-9(6-10(11)17-4-2)7-13(20-12)19-14(15)16/h6-8H,3-5H2,1-2H3,(H,15,16). The Bertz CT molecular complexity index is 605. The summed E-state index contributed by atoms with van der Waals surface area (Å²) in [6, 6.07) is 5.38. The van der Waals surface area contributed by atoms with Crippen molar-refractivity contribution < 1.29 is 24.1 Å². The highest BCUT2D eigenvalue weighted by Gasteiger charge is 2.12. The fourth-order valence-electron chi connectivity index (χ4n) is 1.75. The van der Waals surface area contributed by atoms with Gasteiger partial charge in [0.1, 0.15) is 0 Å². The lowest BCUT2D eigenvalue weighted by Gasteiger charge is -2.11. The van der Waals surface area contributed by atoms with Gasteiger partial charge in [-0.05, 0) is 19.4 Å². The van der Waals surface area contributed by atoms with Crippen molar-refractivity contribution in [2.24, 2.45) is 0 Å². The van der Waals surface area contributed by atoms with Gasteiger partial charge in [-0.2, -0.15) is 0 Å². The molecule has 0 saturated heterocycles. The quantitative estimate of drug-likeness (QED) is 0.811. The molecule has 0 aliphatic heterocycles. The molecule has 0 amide bonds. The van der Waals surface area contributed by atoms with Crippen molar-refractivity contribution in [3.05, 3.63) is 18.2 Å². The van der Waals surface area contributed by atoms with Crippen molar-refractivity contribution in [2.75, 3.05) is 13.2 Å². The number of hydrogen-bond donors (Lipinski definition) is 1. The minimum atomic E-state index is -1.32. The van der Waals surface area contributed by atoms with E-state index in [0.717, 1.165) is 16.5 Å². The van der Waals surface area contributed by atoms with Crippen LogP contribution >= 0.6 is 11.3 Å². The maximum absolute atomic E-state index is 10.6. The first-order valence-corrected chi connectivity index (χ1v) is 7.19. The normalized spacial score (nSPS) is 10.5.